The zero-order valence-corrected chi connectivity index (χ0v) is 20.2. The maximum Gasteiger partial charge on any atom is 0.338 e. The quantitative estimate of drug-likeness (QED) is 0.387. The molecule has 0 N–H and O–H groups in total. The monoisotopic (exact) mass is 446 g/mol. The molecule has 0 heterocycles. The van der Waals surface area contributed by atoms with Gasteiger partial charge in [0.05, 0.1) is 11.7 Å². The number of rotatable bonds is 8. The number of esters is 1. The molecule has 0 saturated carbocycles. The fourth-order valence-electron chi connectivity index (χ4n) is 3.64. The predicted molar refractivity (Wildman–Crippen MR) is 130 cm³/mol. The summed E-state index contributed by atoms with van der Waals surface area (Å²) >= 11 is 0. The molecule has 0 spiro atoms. The summed E-state index contributed by atoms with van der Waals surface area (Å²) in [5, 5.41) is 2.34. The first kappa shape index (κ1) is 23.6. The van der Waals surface area contributed by atoms with E-state index >= 15 is 0 Å². The highest BCUT2D eigenvalue weighted by Crippen LogP contribution is 2.38. The summed E-state index contributed by atoms with van der Waals surface area (Å²) in [7, 11) is -2.07. The molecule has 3 aromatic rings. The van der Waals surface area contributed by atoms with Crippen LogP contribution >= 0.6 is 0 Å². The van der Waals surface area contributed by atoms with E-state index in [0.717, 1.165) is 5.56 Å². The van der Waals surface area contributed by atoms with Crippen molar-refractivity contribution < 1.29 is 18.8 Å². The van der Waals surface area contributed by atoms with Crippen molar-refractivity contribution >= 4 is 31.2 Å². The number of ketones is 1. The highest BCUT2D eigenvalue weighted by Gasteiger charge is 2.34. The second-order valence-corrected chi connectivity index (χ2v) is 11.3. The van der Waals surface area contributed by atoms with Crippen LogP contribution in [0.25, 0.3) is 0 Å². The van der Waals surface area contributed by atoms with Gasteiger partial charge in [0.2, 0.25) is 9.04 Å². The molecular weight excluding hydrogens is 416 g/mol. The zero-order valence-electron chi connectivity index (χ0n) is 19.1. The van der Waals surface area contributed by atoms with E-state index < -0.39 is 15.0 Å². The third-order valence-corrected chi connectivity index (χ3v) is 7.66. The van der Waals surface area contributed by atoms with Crippen molar-refractivity contribution in [3.63, 3.8) is 0 Å². The fourth-order valence-corrected chi connectivity index (χ4v) is 6.31. The van der Waals surface area contributed by atoms with E-state index in [1.165, 1.54) is 17.3 Å². The first-order valence-electron chi connectivity index (χ1n) is 10.8. The van der Waals surface area contributed by atoms with Gasteiger partial charge in [-0.1, -0.05) is 99.6 Å². The average Bonchev–Trinajstić information content (AvgIpc) is 2.78. The average molecular weight is 447 g/mol. The Labute approximate surface area is 191 Å². The van der Waals surface area contributed by atoms with E-state index in [1.54, 1.807) is 12.1 Å². The molecule has 166 valence electrons. The van der Waals surface area contributed by atoms with E-state index in [0.29, 0.717) is 5.56 Å². The topological polar surface area (TPSA) is 52.6 Å². The van der Waals surface area contributed by atoms with Crippen LogP contribution in [0.1, 0.15) is 49.7 Å². The minimum absolute atomic E-state index is 0.194. The molecular formula is C27H30O4Si. The smallest absolute Gasteiger partial charge is 0.338 e. The van der Waals surface area contributed by atoms with Gasteiger partial charge >= 0.3 is 5.97 Å². The second-order valence-electron chi connectivity index (χ2n) is 8.95. The highest BCUT2D eigenvalue weighted by molar-refractivity contribution is 6.80. The minimum Gasteiger partial charge on any atom is -0.454 e. The third-order valence-electron chi connectivity index (χ3n) is 5.13. The second kappa shape index (κ2) is 10.5. The Morgan fingerprint density at radius 2 is 1.31 bits per heavy atom. The largest absolute Gasteiger partial charge is 0.454 e. The highest BCUT2D eigenvalue weighted by atomic mass is 28.3. The van der Waals surface area contributed by atoms with E-state index in [9.17, 15) is 9.59 Å². The van der Waals surface area contributed by atoms with Crippen LogP contribution in [0.15, 0.2) is 84.9 Å². The molecule has 5 heteroatoms. The number of hydrogen-bond donors (Lipinski definition) is 0. The standard InChI is InChI=1S/C27H30O4Si/c1-20(28)19-30-26(29)24-18-12-11-17-23(24)25(27(2,3)4)31-32(21-13-7-5-8-14-21)22-15-9-6-10-16-22/h5-18,25,32H,19H2,1-4H3. The van der Waals surface area contributed by atoms with Crippen LogP contribution in [0.5, 0.6) is 0 Å². The van der Waals surface area contributed by atoms with Gasteiger partial charge in [0.25, 0.3) is 0 Å². The van der Waals surface area contributed by atoms with Crippen molar-refractivity contribution in [3.05, 3.63) is 96.1 Å². The van der Waals surface area contributed by atoms with E-state index in [4.69, 9.17) is 9.16 Å². The van der Waals surface area contributed by atoms with Crippen LogP contribution < -0.4 is 10.4 Å². The van der Waals surface area contributed by atoms with Crippen LogP contribution in [-0.4, -0.2) is 27.4 Å². The molecule has 0 aliphatic heterocycles. The maximum absolute atomic E-state index is 12.8. The molecule has 3 rings (SSSR count). The number of benzene rings is 3. The van der Waals surface area contributed by atoms with Crippen molar-refractivity contribution in [2.45, 2.75) is 33.8 Å². The lowest BCUT2D eigenvalue weighted by Crippen LogP contribution is -2.47. The molecule has 0 saturated heterocycles. The van der Waals surface area contributed by atoms with E-state index in [-0.39, 0.29) is 23.9 Å². The number of carbonyl (C=O) groups is 2. The Bertz CT molecular complexity index is 1000. The lowest BCUT2D eigenvalue weighted by molar-refractivity contribution is -0.120. The molecule has 3 aromatic carbocycles. The third kappa shape index (κ3) is 6.02. The Hall–Kier alpha value is -3.02. The van der Waals surface area contributed by atoms with Gasteiger partial charge in [0.15, 0.2) is 5.78 Å². The van der Waals surface area contributed by atoms with Crippen molar-refractivity contribution in [3.8, 4) is 0 Å². The van der Waals surface area contributed by atoms with Crippen LogP contribution in [-0.2, 0) is 14.0 Å². The summed E-state index contributed by atoms with van der Waals surface area (Å²) in [6.45, 7) is 7.49. The molecule has 0 aliphatic rings. The molecule has 0 amide bonds. The van der Waals surface area contributed by atoms with Gasteiger partial charge in [0, 0.05) is 0 Å². The van der Waals surface area contributed by atoms with Gasteiger partial charge in [-0.05, 0) is 34.3 Å². The van der Waals surface area contributed by atoms with Gasteiger partial charge in [-0.2, -0.15) is 0 Å². The van der Waals surface area contributed by atoms with Crippen molar-refractivity contribution in [1.29, 1.82) is 0 Å². The first-order valence-corrected chi connectivity index (χ1v) is 12.4. The summed E-state index contributed by atoms with van der Waals surface area (Å²) in [6, 6.07) is 27.9. The lowest BCUT2D eigenvalue weighted by Gasteiger charge is -2.35. The minimum atomic E-state index is -2.07. The molecule has 0 aromatic heterocycles. The Morgan fingerprint density at radius 3 is 1.81 bits per heavy atom. The Kier molecular flexibility index (Phi) is 7.78. The molecule has 1 unspecified atom stereocenters. The summed E-state index contributed by atoms with van der Waals surface area (Å²) in [4.78, 5) is 24.1. The number of ether oxygens (including phenoxy) is 1. The normalized spacial score (nSPS) is 12.4. The van der Waals surface area contributed by atoms with E-state index in [1.807, 2.05) is 48.5 Å². The molecule has 1 atom stereocenters. The first-order chi connectivity index (χ1) is 15.3. The van der Waals surface area contributed by atoms with Gasteiger partial charge in [-0.3, -0.25) is 4.79 Å². The summed E-state index contributed by atoms with van der Waals surface area (Å²) < 4.78 is 12.2. The zero-order chi connectivity index (χ0) is 23.1. The molecule has 0 bridgehead atoms. The fraction of sp³-hybridized carbons (Fsp3) is 0.259. The summed E-state index contributed by atoms with van der Waals surface area (Å²) in [6.07, 6.45) is -0.347. The van der Waals surface area contributed by atoms with Crippen LogP contribution in [0, 0.1) is 5.41 Å². The van der Waals surface area contributed by atoms with Gasteiger partial charge in [0.1, 0.15) is 6.61 Å². The van der Waals surface area contributed by atoms with Crippen molar-refractivity contribution in [2.75, 3.05) is 6.61 Å². The predicted octanol–water partition coefficient (Wildman–Crippen LogP) is 4.07. The van der Waals surface area contributed by atoms with Crippen LogP contribution in [0.3, 0.4) is 0 Å². The maximum atomic E-state index is 12.8. The van der Waals surface area contributed by atoms with Gasteiger partial charge in [-0.15, -0.1) is 0 Å². The number of carbonyl (C=O) groups excluding carboxylic acids is 2. The number of hydrogen-bond acceptors (Lipinski definition) is 4. The van der Waals surface area contributed by atoms with Gasteiger partial charge < -0.3 is 9.16 Å². The van der Waals surface area contributed by atoms with Crippen molar-refractivity contribution in [1.82, 2.24) is 0 Å². The molecule has 4 nitrogen and oxygen atoms in total. The molecule has 0 aliphatic carbocycles. The van der Waals surface area contributed by atoms with Crippen LogP contribution in [0.4, 0.5) is 0 Å². The molecule has 0 radical (unpaired) electrons. The Balaban J connectivity index is 2.04. The SMILES string of the molecule is CC(=O)COC(=O)c1ccccc1C(O[SiH](c1ccccc1)c1ccccc1)C(C)(C)C. The lowest BCUT2D eigenvalue weighted by atomic mass is 9.83. The van der Waals surface area contributed by atoms with Gasteiger partial charge in [-0.25, -0.2) is 4.79 Å². The van der Waals surface area contributed by atoms with Crippen molar-refractivity contribution in [2.24, 2.45) is 5.41 Å². The summed E-state index contributed by atoms with van der Waals surface area (Å²) in [5.41, 5.74) is 0.923. The van der Waals surface area contributed by atoms with Crippen LogP contribution in [0.2, 0.25) is 0 Å². The number of Topliss-reactive ketones (excluding diaryl/α,β-unsaturated/α-hetero) is 1. The van der Waals surface area contributed by atoms with E-state index in [2.05, 4.69) is 45.0 Å². The Morgan fingerprint density at radius 1 is 0.812 bits per heavy atom. The molecule has 0 fully saturated rings. The summed E-state index contributed by atoms with van der Waals surface area (Å²) in [5.74, 6) is -0.702. The molecule has 32 heavy (non-hydrogen) atoms.